The standard InChI is InChI=1S/C20H14BrClN4O3/c1-8-14(22)16(25-19(28)9-3-5-10(21)6-4-9)15-13-11(7-12(24-15)18(23)27)20(29)26(2)17(8)13/h3-7H,1-2H3,(H2,23,27)(H,25,28). The number of hydrogen-bond donors (Lipinski definition) is 2. The van der Waals surface area contributed by atoms with Gasteiger partial charge in [-0.05, 0) is 42.8 Å². The van der Waals surface area contributed by atoms with E-state index in [1.165, 1.54) is 11.0 Å². The normalized spacial score (nSPS) is 12.6. The van der Waals surface area contributed by atoms with Gasteiger partial charge >= 0.3 is 0 Å². The maximum absolute atomic E-state index is 12.8. The van der Waals surface area contributed by atoms with E-state index in [-0.39, 0.29) is 27.8 Å². The van der Waals surface area contributed by atoms with Crippen molar-refractivity contribution in [2.24, 2.45) is 5.73 Å². The number of carbonyl (C=O) groups excluding carboxylic acids is 3. The van der Waals surface area contributed by atoms with Gasteiger partial charge in [-0.1, -0.05) is 27.5 Å². The molecule has 0 unspecified atom stereocenters. The minimum atomic E-state index is -0.783. The Morgan fingerprint density at radius 1 is 1.24 bits per heavy atom. The zero-order chi connectivity index (χ0) is 21.0. The molecule has 4 rings (SSSR count). The van der Waals surface area contributed by atoms with E-state index in [9.17, 15) is 14.4 Å². The minimum Gasteiger partial charge on any atom is -0.364 e. The lowest BCUT2D eigenvalue weighted by Crippen LogP contribution is -2.22. The van der Waals surface area contributed by atoms with Gasteiger partial charge in [-0.25, -0.2) is 4.98 Å². The summed E-state index contributed by atoms with van der Waals surface area (Å²) in [5.74, 6) is -1.49. The van der Waals surface area contributed by atoms with Crippen LogP contribution in [-0.2, 0) is 0 Å². The first-order chi connectivity index (χ1) is 13.7. The molecule has 0 fully saturated rings. The molecular formula is C20H14BrClN4O3. The van der Waals surface area contributed by atoms with Gasteiger partial charge in [0.1, 0.15) is 5.69 Å². The molecule has 0 bridgehead atoms. The molecule has 146 valence electrons. The number of carbonyl (C=O) groups is 3. The average molecular weight is 474 g/mol. The van der Waals surface area contributed by atoms with Crippen LogP contribution in [0.25, 0.3) is 10.9 Å². The second kappa shape index (κ2) is 6.82. The van der Waals surface area contributed by atoms with Crippen molar-refractivity contribution in [2.45, 2.75) is 6.92 Å². The molecule has 0 aliphatic carbocycles. The minimum absolute atomic E-state index is 0.0823. The Bertz CT molecular complexity index is 1240. The zero-order valence-corrected chi connectivity index (χ0v) is 17.7. The van der Waals surface area contributed by atoms with Gasteiger partial charge in [0, 0.05) is 22.5 Å². The van der Waals surface area contributed by atoms with Crippen molar-refractivity contribution < 1.29 is 14.4 Å². The molecule has 0 spiro atoms. The number of nitrogens with two attached hydrogens (primary N) is 1. The SMILES string of the molecule is Cc1c(Cl)c(NC(=O)c2ccc(Br)cc2)c2nc(C(N)=O)cc3c2c1N(C)C3=O. The zero-order valence-electron chi connectivity index (χ0n) is 15.3. The number of aromatic nitrogens is 1. The van der Waals surface area contributed by atoms with Crippen molar-refractivity contribution in [2.75, 3.05) is 17.3 Å². The van der Waals surface area contributed by atoms with Gasteiger partial charge in [0.25, 0.3) is 17.7 Å². The van der Waals surface area contributed by atoms with Gasteiger partial charge in [0.15, 0.2) is 0 Å². The number of nitrogens with zero attached hydrogens (tertiary/aromatic N) is 2. The summed E-state index contributed by atoms with van der Waals surface area (Å²) in [6.07, 6.45) is 0. The summed E-state index contributed by atoms with van der Waals surface area (Å²) < 4.78 is 0.836. The van der Waals surface area contributed by atoms with Crippen LogP contribution in [-0.4, -0.2) is 29.8 Å². The summed E-state index contributed by atoms with van der Waals surface area (Å²) in [5.41, 5.74) is 7.70. The molecule has 0 atom stereocenters. The van der Waals surface area contributed by atoms with Gasteiger partial charge in [0.05, 0.1) is 27.5 Å². The average Bonchev–Trinajstić information content (AvgIpc) is 2.95. The smallest absolute Gasteiger partial charge is 0.267 e. The summed E-state index contributed by atoms with van der Waals surface area (Å²) in [7, 11) is 1.62. The molecule has 7 nitrogen and oxygen atoms in total. The van der Waals surface area contributed by atoms with E-state index < -0.39 is 11.8 Å². The summed E-state index contributed by atoms with van der Waals surface area (Å²) >= 11 is 9.89. The van der Waals surface area contributed by atoms with Crippen molar-refractivity contribution in [3.8, 4) is 0 Å². The van der Waals surface area contributed by atoms with Crippen LogP contribution in [0.3, 0.4) is 0 Å². The van der Waals surface area contributed by atoms with Crippen LogP contribution in [0.1, 0.15) is 36.8 Å². The number of rotatable bonds is 3. The van der Waals surface area contributed by atoms with E-state index in [0.29, 0.717) is 27.8 Å². The van der Waals surface area contributed by atoms with E-state index in [4.69, 9.17) is 17.3 Å². The summed E-state index contributed by atoms with van der Waals surface area (Å²) in [4.78, 5) is 43.0. The van der Waals surface area contributed by atoms with Gasteiger partial charge in [-0.3, -0.25) is 14.4 Å². The van der Waals surface area contributed by atoms with E-state index in [2.05, 4.69) is 26.2 Å². The number of pyridine rings is 1. The topological polar surface area (TPSA) is 105 Å². The van der Waals surface area contributed by atoms with E-state index in [1.807, 2.05) is 0 Å². The highest BCUT2D eigenvalue weighted by Crippen LogP contribution is 2.46. The lowest BCUT2D eigenvalue weighted by atomic mass is 10.0. The number of hydrogen-bond acceptors (Lipinski definition) is 4. The van der Waals surface area contributed by atoms with Crippen molar-refractivity contribution in [3.63, 3.8) is 0 Å². The second-order valence-electron chi connectivity index (χ2n) is 6.63. The molecule has 1 aliphatic heterocycles. The first kappa shape index (κ1) is 19.4. The van der Waals surface area contributed by atoms with Crippen molar-refractivity contribution in [1.82, 2.24) is 4.98 Å². The fourth-order valence-electron chi connectivity index (χ4n) is 3.45. The van der Waals surface area contributed by atoms with Crippen LogP contribution >= 0.6 is 27.5 Å². The van der Waals surface area contributed by atoms with Gasteiger partial charge < -0.3 is 16.0 Å². The predicted octanol–water partition coefficient (Wildman–Crippen LogP) is 3.90. The Kier molecular flexibility index (Phi) is 4.55. The maximum Gasteiger partial charge on any atom is 0.267 e. The van der Waals surface area contributed by atoms with Crippen LogP contribution < -0.4 is 16.0 Å². The number of halogens is 2. The Morgan fingerprint density at radius 3 is 2.52 bits per heavy atom. The first-order valence-electron chi connectivity index (χ1n) is 8.52. The number of nitrogens with one attached hydrogen (secondary N) is 1. The maximum atomic E-state index is 12.8. The third kappa shape index (κ3) is 2.95. The van der Waals surface area contributed by atoms with Crippen LogP contribution in [0.5, 0.6) is 0 Å². The molecule has 0 radical (unpaired) electrons. The summed E-state index contributed by atoms with van der Waals surface area (Å²) in [6.45, 7) is 1.76. The molecule has 3 N–H and O–H groups in total. The molecule has 0 saturated carbocycles. The third-order valence-electron chi connectivity index (χ3n) is 4.86. The third-order valence-corrected chi connectivity index (χ3v) is 5.87. The highest BCUT2D eigenvalue weighted by molar-refractivity contribution is 9.10. The Labute approximate surface area is 179 Å². The molecular weight excluding hydrogens is 460 g/mol. The van der Waals surface area contributed by atoms with Crippen LogP contribution in [0.2, 0.25) is 5.02 Å². The summed E-state index contributed by atoms with van der Waals surface area (Å²) in [6, 6.07) is 8.16. The number of benzene rings is 2. The van der Waals surface area contributed by atoms with Crippen LogP contribution in [0.15, 0.2) is 34.8 Å². The number of anilines is 2. The van der Waals surface area contributed by atoms with Gasteiger partial charge in [0.2, 0.25) is 0 Å². The number of amides is 3. The monoisotopic (exact) mass is 472 g/mol. The van der Waals surface area contributed by atoms with E-state index >= 15 is 0 Å². The van der Waals surface area contributed by atoms with E-state index in [1.54, 1.807) is 38.2 Å². The van der Waals surface area contributed by atoms with Crippen molar-refractivity contribution >= 4 is 67.5 Å². The van der Waals surface area contributed by atoms with Crippen molar-refractivity contribution in [1.29, 1.82) is 0 Å². The number of primary amides is 1. The van der Waals surface area contributed by atoms with Gasteiger partial charge in [-0.2, -0.15) is 0 Å². The molecule has 29 heavy (non-hydrogen) atoms. The first-order valence-corrected chi connectivity index (χ1v) is 9.69. The molecule has 0 saturated heterocycles. The highest BCUT2D eigenvalue weighted by Gasteiger charge is 2.34. The molecule has 9 heteroatoms. The Hall–Kier alpha value is -2.97. The second-order valence-corrected chi connectivity index (χ2v) is 7.92. The molecule has 2 heterocycles. The largest absolute Gasteiger partial charge is 0.364 e. The Morgan fingerprint density at radius 2 is 1.90 bits per heavy atom. The predicted molar refractivity (Wildman–Crippen MR) is 115 cm³/mol. The van der Waals surface area contributed by atoms with Crippen LogP contribution in [0, 0.1) is 6.92 Å². The Balaban J connectivity index is 1.97. The summed E-state index contributed by atoms with van der Waals surface area (Å²) in [5, 5.41) is 3.54. The molecule has 1 aromatic heterocycles. The molecule has 3 aromatic rings. The van der Waals surface area contributed by atoms with E-state index in [0.717, 1.165) is 4.47 Å². The molecule has 1 aliphatic rings. The lowest BCUT2D eigenvalue weighted by molar-refractivity contribution is 0.0993. The van der Waals surface area contributed by atoms with Crippen LogP contribution in [0.4, 0.5) is 11.4 Å². The molecule has 3 amide bonds. The quantitative estimate of drug-likeness (QED) is 0.602. The molecule has 2 aromatic carbocycles. The lowest BCUT2D eigenvalue weighted by Gasteiger charge is -2.18. The fourth-order valence-corrected chi connectivity index (χ4v) is 3.94. The highest BCUT2D eigenvalue weighted by atomic mass is 79.9. The fraction of sp³-hybridized carbons (Fsp3) is 0.100. The van der Waals surface area contributed by atoms with Crippen molar-refractivity contribution in [3.05, 3.63) is 62.2 Å². The van der Waals surface area contributed by atoms with Gasteiger partial charge in [-0.15, -0.1) is 0 Å².